The second-order valence-electron chi connectivity index (χ2n) is 4.99. The van der Waals surface area contributed by atoms with Gasteiger partial charge in [-0.3, -0.25) is 4.98 Å². The van der Waals surface area contributed by atoms with Gasteiger partial charge in [-0.2, -0.15) is 10.2 Å². The largest absolute Gasteiger partial charge is 0.332 e. The van der Waals surface area contributed by atoms with Crippen molar-refractivity contribution < 1.29 is 4.52 Å². The molecule has 0 aliphatic heterocycles. The molecule has 0 aliphatic carbocycles. The van der Waals surface area contributed by atoms with Crippen LogP contribution in [0.25, 0.3) is 28.7 Å². The first-order chi connectivity index (χ1) is 11.8. The summed E-state index contributed by atoms with van der Waals surface area (Å²) in [5, 5.41) is 13.3. The number of rotatable bonds is 3. The fourth-order valence-electron chi connectivity index (χ4n) is 2.30. The quantitative estimate of drug-likeness (QED) is 0.577. The number of pyridine rings is 1. The van der Waals surface area contributed by atoms with Crippen molar-refractivity contribution in [1.29, 1.82) is 5.26 Å². The maximum Gasteiger partial charge on any atom is 0.276 e. The van der Waals surface area contributed by atoms with Crippen LogP contribution in [-0.2, 0) is 0 Å². The van der Waals surface area contributed by atoms with Crippen LogP contribution in [0.2, 0.25) is 0 Å². The summed E-state index contributed by atoms with van der Waals surface area (Å²) in [6.07, 6.45) is 6.80. The van der Waals surface area contributed by atoms with Crippen LogP contribution in [0.15, 0.2) is 65.8 Å². The lowest BCUT2D eigenvalue weighted by Crippen LogP contribution is -1.93. The zero-order chi connectivity index (χ0) is 16.4. The number of benzene rings is 1. The molecule has 0 spiro atoms. The first kappa shape index (κ1) is 13.8. The normalized spacial score (nSPS) is 10.5. The van der Waals surface area contributed by atoms with Gasteiger partial charge in [-0.05, 0) is 30.3 Å². The molecule has 0 saturated heterocycles. The van der Waals surface area contributed by atoms with Gasteiger partial charge in [0.2, 0.25) is 5.82 Å². The fourth-order valence-corrected chi connectivity index (χ4v) is 2.30. The number of nitrogens with zero attached hydrogens (tertiary/aromatic N) is 6. The summed E-state index contributed by atoms with van der Waals surface area (Å²) in [7, 11) is 0. The second-order valence-corrected chi connectivity index (χ2v) is 4.99. The van der Waals surface area contributed by atoms with E-state index in [1.54, 1.807) is 43.1 Å². The summed E-state index contributed by atoms with van der Waals surface area (Å²) in [6, 6.07) is 13.0. The number of aromatic nitrogens is 5. The predicted molar refractivity (Wildman–Crippen MR) is 84.8 cm³/mol. The van der Waals surface area contributed by atoms with E-state index in [2.05, 4.69) is 26.2 Å². The van der Waals surface area contributed by atoms with E-state index in [-0.39, 0.29) is 0 Å². The van der Waals surface area contributed by atoms with Crippen LogP contribution in [-0.4, -0.2) is 24.7 Å². The Hall–Kier alpha value is -3.79. The summed E-state index contributed by atoms with van der Waals surface area (Å²) in [4.78, 5) is 12.6. The van der Waals surface area contributed by atoms with Crippen LogP contribution in [0.5, 0.6) is 0 Å². The lowest BCUT2D eigenvalue weighted by Gasteiger charge is -2.04. The minimum atomic E-state index is 0.331. The van der Waals surface area contributed by atoms with Crippen LogP contribution in [0.4, 0.5) is 0 Å². The van der Waals surface area contributed by atoms with Gasteiger partial charge in [0.05, 0.1) is 18.0 Å². The zero-order valence-corrected chi connectivity index (χ0v) is 12.4. The van der Waals surface area contributed by atoms with Crippen LogP contribution >= 0.6 is 0 Å². The molecule has 24 heavy (non-hydrogen) atoms. The maximum absolute atomic E-state index is 9.26. The van der Waals surface area contributed by atoms with E-state index >= 15 is 0 Å². The monoisotopic (exact) mass is 314 g/mol. The Morgan fingerprint density at radius 1 is 1.12 bits per heavy atom. The van der Waals surface area contributed by atoms with E-state index in [0.717, 1.165) is 5.69 Å². The molecule has 0 saturated carbocycles. The van der Waals surface area contributed by atoms with Gasteiger partial charge < -0.3 is 9.09 Å². The van der Waals surface area contributed by atoms with Gasteiger partial charge in [-0.25, -0.2) is 4.98 Å². The molecule has 0 radical (unpaired) electrons. The number of hydrogen-bond acceptors (Lipinski definition) is 6. The topological polar surface area (TPSA) is 93.4 Å². The van der Waals surface area contributed by atoms with Crippen LogP contribution in [0.3, 0.4) is 0 Å². The molecule has 3 heterocycles. The Labute approximate surface area is 136 Å². The van der Waals surface area contributed by atoms with Crippen molar-refractivity contribution in [3.8, 4) is 34.7 Å². The summed E-state index contributed by atoms with van der Waals surface area (Å²) in [5.41, 5.74) is 2.58. The van der Waals surface area contributed by atoms with E-state index in [0.29, 0.717) is 28.5 Å². The molecule has 114 valence electrons. The zero-order valence-electron chi connectivity index (χ0n) is 12.4. The minimum absolute atomic E-state index is 0.331. The molecule has 0 N–H and O–H groups in total. The Balaban J connectivity index is 1.78. The van der Waals surface area contributed by atoms with Crippen LogP contribution in [0, 0.1) is 11.3 Å². The van der Waals surface area contributed by atoms with Gasteiger partial charge in [0.25, 0.3) is 5.89 Å². The number of imidazole rings is 1. The molecule has 0 bridgehead atoms. The third-order valence-electron chi connectivity index (χ3n) is 3.42. The molecule has 1 aromatic carbocycles. The third-order valence-corrected chi connectivity index (χ3v) is 3.42. The molecule has 0 fully saturated rings. The van der Waals surface area contributed by atoms with Gasteiger partial charge in [0.15, 0.2) is 0 Å². The van der Waals surface area contributed by atoms with Crippen LogP contribution < -0.4 is 0 Å². The van der Waals surface area contributed by atoms with Crippen molar-refractivity contribution in [2.24, 2.45) is 0 Å². The van der Waals surface area contributed by atoms with Gasteiger partial charge in [-0.1, -0.05) is 11.2 Å². The van der Waals surface area contributed by atoms with Crippen molar-refractivity contribution in [2.45, 2.75) is 0 Å². The van der Waals surface area contributed by atoms with Crippen molar-refractivity contribution >= 4 is 0 Å². The molecule has 7 nitrogen and oxygen atoms in total. The highest BCUT2D eigenvalue weighted by atomic mass is 16.5. The average molecular weight is 314 g/mol. The molecule has 7 heteroatoms. The van der Waals surface area contributed by atoms with Crippen molar-refractivity contribution in [1.82, 2.24) is 24.7 Å². The smallest absolute Gasteiger partial charge is 0.276 e. The van der Waals surface area contributed by atoms with Crippen LogP contribution in [0.1, 0.15) is 5.56 Å². The summed E-state index contributed by atoms with van der Waals surface area (Å²) in [6.45, 7) is 0. The maximum atomic E-state index is 9.26. The fraction of sp³-hybridized carbons (Fsp3) is 0. The van der Waals surface area contributed by atoms with E-state index in [9.17, 15) is 5.26 Å². The van der Waals surface area contributed by atoms with Gasteiger partial charge in [0.1, 0.15) is 5.69 Å². The van der Waals surface area contributed by atoms with Crippen molar-refractivity contribution in [3.63, 3.8) is 0 Å². The molecule has 3 aromatic heterocycles. The molecule has 0 aliphatic rings. The van der Waals surface area contributed by atoms with E-state index in [1.165, 1.54) is 0 Å². The minimum Gasteiger partial charge on any atom is -0.332 e. The average Bonchev–Trinajstić information content (AvgIpc) is 3.34. The van der Waals surface area contributed by atoms with Crippen molar-refractivity contribution in [2.75, 3.05) is 0 Å². The second kappa shape index (κ2) is 5.78. The Kier molecular flexibility index (Phi) is 3.33. The highest BCUT2D eigenvalue weighted by molar-refractivity contribution is 5.64. The standard InChI is InChI=1S/C17H10N6O/c18-10-12-7-13(9-14(8-12)23-6-5-19-11-23)16-21-17(24-22-16)15-3-1-2-4-20-15/h1-9,11H. The summed E-state index contributed by atoms with van der Waals surface area (Å²) >= 11 is 0. The summed E-state index contributed by atoms with van der Waals surface area (Å²) < 4.78 is 7.09. The molecule has 0 unspecified atom stereocenters. The first-order valence-electron chi connectivity index (χ1n) is 7.12. The number of nitriles is 1. The SMILES string of the molecule is N#Cc1cc(-c2noc(-c3ccccn3)n2)cc(-n2ccnc2)c1. The molecule has 4 rings (SSSR count). The van der Waals surface area contributed by atoms with Crippen molar-refractivity contribution in [3.05, 3.63) is 66.9 Å². The Bertz CT molecular complexity index is 1010. The lowest BCUT2D eigenvalue weighted by atomic mass is 10.1. The Morgan fingerprint density at radius 3 is 2.83 bits per heavy atom. The highest BCUT2D eigenvalue weighted by Crippen LogP contribution is 2.24. The van der Waals surface area contributed by atoms with E-state index in [4.69, 9.17) is 4.52 Å². The molecular weight excluding hydrogens is 304 g/mol. The first-order valence-corrected chi connectivity index (χ1v) is 7.12. The van der Waals surface area contributed by atoms with E-state index < -0.39 is 0 Å². The molecule has 0 atom stereocenters. The van der Waals surface area contributed by atoms with Gasteiger partial charge >= 0.3 is 0 Å². The lowest BCUT2D eigenvalue weighted by molar-refractivity contribution is 0.431. The highest BCUT2D eigenvalue weighted by Gasteiger charge is 2.13. The Morgan fingerprint density at radius 2 is 2.08 bits per heavy atom. The predicted octanol–water partition coefficient (Wildman–Crippen LogP) is 2.86. The molecule has 4 aromatic rings. The molecule has 0 amide bonds. The van der Waals surface area contributed by atoms with Gasteiger partial charge in [-0.15, -0.1) is 0 Å². The van der Waals surface area contributed by atoms with E-state index in [1.807, 2.05) is 22.8 Å². The third kappa shape index (κ3) is 2.53. The molecular formula is C17H10N6O. The number of hydrogen-bond donors (Lipinski definition) is 0. The van der Waals surface area contributed by atoms with Gasteiger partial charge in [0, 0.05) is 29.8 Å². The summed E-state index contributed by atoms with van der Waals surface area (Å²) in [5.74, 6) is 0.728.